The summed E-state index contributed by atoms with van der Waals surface area (Å²) in [6.45, 7) is 5.37. The minimum absolute atomic E-state index is 0.142. The molecule has 146 valence electrons. The predicted octanol–water partition coefficient (Wildman–Crippen LogP) is 4.96. The average Bonchev–Trinajstić information content (AvgIpc) is 3.37. The lowest BCUT2D eigenvalue weighted by Gasteiger charge is -2.36. The van der Waals surface area contributed by atoms with Crippen LogP contribution in [0.3, 0.4) is 0 Å². The summed E-state index contributed by atoms with van der Waals surface area (Å²) in [5.41, 5.74) is 3.60. The molecule has 0 saturated carbocycles. The van der Waals surface area contributed by atoms with Crippen LogP contribution in [-0.2, 0) is 0 Å². The second-order valence-electron chi connectivity index (χ2n) is 7.43. The molecule has 3 heterocycles. The molecule has 1 fully saturated rings. The lowest BCUT2D eigenvalue weighted by molar-refractivity contribution is 0.0751. The van der Waals surface area contributed by atoms with Crippen LogP contribution in [0.15, 0.2) is 72.8 Å². The third-order valence-corrected chi connectivity index (χ3v) is 6.66. The summed E-state index contributed by atoms with van der Waals surface area (Å²) in [4.78, 5) is 18.2. The van der Waals surface area contributed by atoms with Crippen molar-refractivity contribution in [3.63, 3.8) is 0 Å². The molecule has 2 aromatic carbocycles. The van der Waals surface area contributed by atoms with Gasteiger partial charge < -0.3 is 14.4 Å². The Kier molecular flexibility index (Phi) is 4.60. The van der Waals surface area contributed by atoms with Gasteiger partial charge in [0, 0.05) is 42.9 Å². The van der Waals surface area contributed by atoms with E-state index in [1.54, 1.807) is 11.3 Å². The van der Waals surface area contributed by atoms with Crippen molar-refractivity contribution in [2.75, 3.05) is 31.1 Å². The van der Waals surface area contributed by atoms with E-state index in [4.69, 9.17) is 0 Å². The summed E-state index contributed by atoms with van der Waals surface area (Å²) < 4.78 is 2.24. The van der Waals surface area contributed by atoms with Crippen LogP contribution in [0, 0.1) is 6.92 Å². The number of rotatable bonds is 3. The lowest BCUT2D eigenvalue weighted by atomic mass is 10.2. The molecular weight excluding hydrogens is 378 g/mol. The highest BCUT2D eigenvalue weighted by Crippen LogP contribution is 2.29. The number of amides is 1. The fraction of sp³-hybridized carbons (Fsp3) is 0.208. The lowest BCUT2D eigenvalue weighted by Crippen LogP contribution is -2.48. The van der Waals surface area contributed by atoms with E-state index < -0.39 is 0 Å². The fourth-order valence-electron chi connectivity index (χ4n) is 4.11. The Labute approximate surface area is 174 Å². The first-order chi connectivity index (χ1) is 14.2. The first-order valence-electron chi connectivity index (χ1n) is 9.97. The van der Waals surface area contributed by atoms with Crippen LogP contribution >= 0.6 is 11.3 Å². The number of benzene rings is 2. The quantitative estimate of drug-likeness (QED) is 0.485. The molecule has 0 bridgehead atoms. The molecule has 5 heteroatoms. The maximum absolute atomic E-state index is 13.1. The van der Waals surface area contributed by atoms with Gasteiger partial charge in [0.1, 0.15) is 5.00 Å². The maximum atomic E-state index is 13.1. The number of carbonyl (C=O) groups excluding carboxylic acids is 1. The van der Waals surface area contributed by atoms with Gasteiger partial charge in [-0.05, 0) is 43.3 Å². The van der Waals surface area contributed by atoms with Crippen LogP contribution in [0.1, 0.15) is 15.4 Å². The molecule has 1 aliphatic heterocycles. The smallest absolute Gasteiger partial charge is 0.264 e. The number of nitrogens with zero attached hydrogens (tertiary/aromatic N) is 3. The Morgan fingerprint density at radius 1 is 0.862 bits per heavy atom. The van der Waals surface area contributed by atoms with Crippen molar-refractivity contribution >= 4 is 33.8 Å². The highest BCUT2D eigenvalue weighted by molar-refractivity contribution is 7.16. The van der Waals surface area contributed by atoms with Crippen molar-refractivity contribution in [1.82, 2.24) is 9.47 Å². The molecule has 1 amide bonds. The highest BCUT2D eigenvalue weighted by atomic mass is 32.1. The van der Waals surface area contributed by atoms with Gasteiger partial charge in [-0.25, -0.2) is 0 Å². The number of hydrogen-bond donors (Lipinski definition) is 0. The number of aryl methyl sites for hydroxylation is 1. The summed E-state index contributed by atoms with van der Waals surface area (Å²) in [6, 6.07) is 25.0. The summed E-state index contributed by atoms with van der Waals surface area (Å²) in [7, 11) is 0. The molecule has 5 rings (SSSR count). The summed E-state index contributed by atoms with van der Waals surface area (Å²) >= 11 is 1.58. The minimum atomic E-state index is 0.142. The van der Waals surface area contributed by atoms with Crippen molar-refractivity contribution < 1.29 is 4.79 Å². The SMILES string of the molecule is Cc1cc2ccccc2n1-c1ccc(C(=O)N2CCN(c3ccccc3)CC2)s1. The van der Waals surface area contributed by atoms with E-state index in [1.165, 1.54) is 22.3 Å². The molecular formula is C24H23N3OS. The van der Waals surface area contributed by atoms with Crippen molar-refractivity contribution in [3.8, 4) is 5.00 Å². The van der Waals surface area contributed by atoms with Crippen LogP contribution in [0.2, 0.25) is 0 Å². The van der Waals surface area contributed by atoms with Gasteiger partial charge in [-0.3, -0.25) is 4.79 Å². The van der Waals surface area contributed by atoms with E-state index in [0.29, 0.717) is 0 Å². The van der Waals surface area contributed by atoms with E-state index in [0.717, 1.165) is 36.1 Å². The molecule has 0 aliphatic carbocycles. The first kappa shape index (κ1) is 18.0. The second-order valence-corrected chi connectivity index (χ2v) is 8.49. The van der Waals surface area contributed by atoms with Gasteiger partial charge in [0.2, 0.25) is 0 Å². The summed E-state index contributed by atoms with van der Waals surface area (Å²) in [5, 5.41) is 2.32. The van der Waals surface area contributed by atoms with Crippen LogP contribution in [0.4, 0.5) is 5.69 Å². The molecule has 4 nitrogen and oxygen atoms in total. The normalized spacial score (nSPS) is 14.5. The van der Waals surface area contributed by atoms with Gasteiger partial charge >= 0.3 is 0 Å². The van der Waals surface area contributed by atoms with Crippen molar-refractivity contribution in [3.05, 3.63) is 83.4 Å². The number of para-hydroxylation sites is 2. The number of thiophene rings is 1. The van der Waals surface area contributed by atoms with E-state index in [9.17, 15) is 4.79 Å². The summed E-state index contributed by atoms with van der Waals surface area (Å²) in [5.74, 6) is 0.142. The van der Waals surface area contributed by atoms with Gasteiger partial charge in [0.05, 0.1) is 10.4 Å². The van der Waals surface area contributed by atoms with Gasteiger partial charge in [-0.2, -0.15) is 0 Å². The van der Waals surface area contributed by atoms with Gasteiger partial charge in [0.15, 0.2) is 0 Å². The Morgan fingerprint density at radius 2 is 1.59 bits per heavy atom. The van der Waals surface area contributed by atoms with Crippen LogP contribution in [-0.4, -0.2) is 41.6 Å². The Hall–Kier alpha value is -3.05. The van der Waals surface area contributed by atoms with Crippen molar-refractivity contribution in [2.45, 2.75) is 6.92 Å². The number of hydrogen-bond acceptors (Lipinski definition) is 3. The molecule has 1 saturated heterocycles. The zero-order chi connectivity index (χ0) is 19.8. The standard InChI is InChI=1S/C24H23N3OS/c1-18-17-19-7-5-6-10-21(19)27(18)23-12-11-22(29-23)24(28)26-15-13-25(14-16-26)20-8-3-2-4-9-20/h2-12,17H,13-16H2,1H3. The van der Waals surface area contributed by atoms with Crippen LogP contribution in [0.5, 0.6) is 0 Å². The number of fused-ring (bicyclic) bond motifs is 1. The topological polar surface area (TPSA) is 28.5 Å². The zero-order valence-electron chi connectivity index (χ0n) is 16.4. The molecule has 0 N–H and O–H groups in total. The third kappa shape index (κ3) is 3.32. The van der Waals surface area contributed by atoms with Gasteiger partial charge in [-0.15, -0.1) is 11.3 Å². The van der Waals surface area contributed by atoms with E-state index in [2.05, 4.69) is 77.1 Å². The van der Waals surface area contributed by atoms with Crippen molar-refractivity contribution in [1.29, 1.82) is 0 Å². The second kappa shape index (κ2) is 7.41. The molecule has 0 atom stereocenters. The zero-order valence-corrected chi connectivity index (χ0v) is 17.2. The van der Waals surface area contributed by atoms with E-state index in [1.807, 2.05) is 17.0 Å². The molecule has 1 aliphatic rings. The molecule has 0 radical (unpaired) electrons. The highest BCUT2D eigenvalue weighted by Gasteiger charge is 2.24. The number of piperazine rings is 1. The number of aromatic nitrogens is 1. The van der Waals surface area contributed by atoms with Gasteiger partial charge in [-0.1, -0.05) is 36.4 Å². The monoisotopic (exact) mass is 401 g/mol. The minimum Gasteiger partial charge on any atom is -0.368 e. The molecule has 2 aromatic heterocycles. The maximum Gasteiger partial charge on any atom is 0.264 e. The Bertz CT molecular complexity index is 1150. The van der Waals surface area contributed by atoms with E-state index in [-0.39, 0.29) is 5.91 Å². The predicted molar refractivity (Wildman–Crippen MR) is 120 cm³/mol. The van der Waals surface area contributed by atoms with Crippen molar-refractivity contribution in [2.24, 2.45) is 0 Å². The Morgan fingerprint density at radius 3 is 2.38 bits per heavy atom. The molecule has 0 unspecified atom stereocenters. The number of anilines is 1. The number of carbonyl (C=O) groups is 1. The fourth-order valence-corrected chi connectivity index (χ4v) is 5.16. The molecule has 0 spiro atoms. The molecule has 29 heavy (non-hydrogen) atoms. The van der Waals surface area contributed by atoms with Crippen LogP contribution in [0.25, 0.3) is 15.9 Å². The molecule has 4 aromatic rings. The Balaban J connectivity index is 1.33. The van der Waals surface area contributed by atoms with E-state index >= 15 is 0 Å². The first-order valence-corrected chi connectivity index (χ1v) is 10.8. The average molecular weight is 402 g/mol. The van der Waals surface area contributed by atoms with Gasteiger partial charge in [0.25, 0.3) is 5.91 Å². The van der Waals surface area contributed by atoms with Crippen LogP contribution < -0.4 is 4.90 Å². The third-order valence-electron chi connectivity index (χ3n) is 5.61. The largest absolute Gasteiger partial charge is 0.368 e. The summed E-state index contributed by atoms with van der Waals surface area (Å²) in [6.07, 6.45) is 0.